The Morgan fingerprint density at radius 3 is 2.58 bits per heavy atom. The predicted molar refractivity (Wildman–Crippen MR) is 96.9 cm³/mol. The summed E-state index contributed by atoms with van der Waals surface area (Å²) in [5, 5.41) is 3.66. The number of ether oxygens (including phenoxy) is 2. The molecule has 2 rings (SSSR count). The summed E-state index contributed by atoms with van der Waals surface area (Å²) < 4.78 is 10.4. The third-order valence-electron chi connectivity index (χ3n) is 3.31. The van der Waals surface area contributed by atoms with Crippen LogP contribution in [0.2, 0.25) is 10.0 Å². The summed E-state index contributed by atoms with van der Waals surface area (Å²) in [6.07, 6.45) is 3.04. The van der Waals surface area contributed by atoms with Gasteiger partial charge in [-0.2, -0.15) is 0 Å². The lowest BCUT2D eigenvalue weighted by molar-refractivity contribution is -0.116. The Morgan fingerprint density at radius 2 is 1.88 bits per heavy atom. The Balaban J connectivity index is 1.98. The van der Waals surface area contributed by atoms with Crippen LogP contribution in [0, 0.1) is 0 Å². The standard InChI is InChI=1S/C18H17Cl2NO3/c1-23-15-8-6-12(10-16(15)24-2)11-21-17(22)9-7-13-4-3-5-14(19)18(13)20/h3-10H,11H2,1-2H3,(H,21,22). The van der Waals surface area contributed by atoms with Gasteiger partial charge < -0.3 is 14.8 Å². The molecule has 0 saturated heterocycles. The summed E-state index contributed by atoms with van der Waals surface area (Å²) in [6.45, 7) is 0.368. The summed E-state index contributed by atoms with van der Waals surface area (Å²) in [6, 6.07) is 10.7. The number of halogens is 2. The maximum Gasteiger partial charge on any atom is 0.244 e. The van der Waals surface area contributed by atoms with Gasteiger partial charge in [0, 0.05) is 12.6 Å². The lowest BCUT2D eigenvalue weighted by Crippen LogP contribution is -2.20. The first-order valence-corrected chi connectivity index (χ1v) is 7.91. The van der Waals surface area contributed by atoms with Crippen molar-refractivity contribution in [2.75, 3.05) is 14.2 Å². The van der Waals surface area contributed by atoms with Gasteiger partial charge in [0.1, 0.15) is 0 Å². The predicted octanol–water partition coefficient (Wildman–Crippen LogP) is 4.34. The van der Waals surface area contributed by atoms with Crippen molar-refractivity contribution in [3.8, 4) is 11.5 Å². The van der Waals surface area contributed by atoms with Crippen LogP contribution in [0.1, 0.15) is 11.1 Å². The van der Waals surface area contributed by atoms with Gasteiger partial charge in [0.2, 0.25) is 5.91 Å². The summed E-state index contributed by atoms with van der Waals surface area (Å²) in [5.74, 6) is 1.02. The van der Waals surface area contributed by atoms with Crippen LogP contribution in [-0.4, -0.2) is 20.1 Å². The maximum atomic E-state index is 11.9. The van der Waals surface area contributed by atoms with E-state index in [1.807, 2.05) is 12.1 Å². The molecule has 2 aromatic carbocycles. The highest BCUT2D eigenvalue weighted by atomic mass is 35.5. The largest absolute Gasteiger partial charge is 0.493 e. The Hall–Kier alpha value is -2.17. The number of carbonyl (C=O) groups is 1. The number of hydrogen-bond donors (Lipinski definition) is 1. The molecule has 2 aromatic rings. The third kappa shape index (κ3) is 4.66. The molecule has 0 heterocycles. The first-order valence-electron chi connectivity index (χ1n) is 7.16. The van der Waals surface area contributed by atoms with E-state index >= 15 is 0 Å². The molecule has 0 fully saturated rings. The van der Waals surface area contributed by atoms with Gasteiger partial charge in [0.15, 0.2) is 11.5 Å². The number of benzene rings is 2. The minimum Gasteiger partial charge on any atom is -0.493 e. The summed E-state index contributed by atoms with van der Waals surface area (Å²) in [7, 11) is 3.14. The van der Waals surface area contributed by atoms with Crippen LogP contribution in [0.25, 0.3) is 6.08 Å². The van der Waals surface area contributed by atoms with Gasteiger partial charge >= 0.3 is 0 Å². The van der Waals surface area contributed by atoms with Gasteiger partial charge in [-0.3, -0.25) is 4.79 Å². The van der Waals surface area contributed by atoms with Crippen LogP contribution in [0.5, 0.6) is 11.5 Å². The first kappa shape index (κ1) is 18.2. The van der Waals surface area contributed by atoms with Crippen LogP contribution in [0.3, 0.4) is 0 Å². The van der Waals surface area contributed by atoms with Crippen molar-refractivity contribution < 1.29 is 14.3 Å². The molecule has 126 valence electrons. The summed E-state index contributed by atoms with van der Waals surface area (Å²) in [4.78, 5) is 11.9. The lowest BCUT2D eigenvalue weighted by Gasteiger charge is -2.09. The third-order valence-corrected chi connectivity index (χ3v) is 4.14. The zero-order valence-corrected chi connectivity index (χ0v) is 14.8. The second kappa shape index (κ2) is 8.62. The zero-order chi connectivity index (χ0) is 17.5. The molecule has 0 bridgehead atoms. The number of nitrogens with one attached hydrogen (secondary N) is 1. The second-order valence-corrected chi connectivity index (χ2v) is 5.67. The minimum absolute atomic E-state index is 0.235. The number of methoxy groups -OCH3 is 2. The van der Waals surface area contributed by atoms with Crippen molar-refractivity contribution in [2.45, 2.75) is 6.54 Å². The fourth-order valence-corrected chi connectivity index (χ4v) is 2.42. The van der Waals surface area contributed by atoms with Gasteiger partial charge in [0.25, 0.3) is 0 Å². The molecule has 0 radical (unpaired) electrons. The molecular weight excluding hydrogens is 349 g/mol. The highest BCUT2D eigenvalue weighted by Crippen LogP contribution is 2.28. The molecule has 0 spiro atoms. The molecule has 0 aliphatic carbocycles. The van der Waals surface area contributed by atoms with Gasteiger partial charge in [-0.15, -0.1) is 0 Å². The SMILES string of the molecule is COc1ccc(CNC(=O)C=Cc2cccc(Cl)c2Cl)cc1OC. The number of amides is 1. The summed E-state index contributed by atoms with van der Waals surface area (Å²) in [5.41, 5.74) is 1.58. The highest BCUT2D eigenvalue weighted by Gasteiger charge is 2.06. The topological polar surface area (TPSA) is 47.6 Å². The fourth-order valence-electron chi connectivity index (χ4n) is 2.05. The van der Waals surface area contributed by atoms with Crippen LogP contribution < -0.4 is 14.8 Å². The van der Waals surface area contributed by atoms with Crippen molar-refractivity contribution >= 4 is 35.2 Å². The molecule has 1 N–H and O–H groups in total. The number of carbonyl (C=O) groups excluding carboxylic acids is 1. The molecular formula is C18H17Cl2NO3. The van der Waals surface area contributed by atoms with Crippen LogP contribution in [0.4, 0.5) is 0 Å². The molecule has 6 heteroatoms. The quantitative estimate of drug-likeness (QED) is 0.774. The second-order valence-electron chi connectivity index (χ2n) is 4.88. The monoisotopic (exact) mass is 365 g/mol. The lowest BCUT2D eigenvalue weighted by atomic mass is 10.2. The van der Waals surface area contributed by atoms with E-state index in [2.05, 4.69) is 5.32 Å². The number of hydrogen-bond acceptors (Lipinski definition) is 3. The van der Waals surface area contributed by atoms with E-state index in [9.17, 15) is 4.79 Å². The van der Waals surface area contributed by atoms with E-state index in [-0.39, 0.29) is 5.91 Å². The molecule has 24 heavy (non-hydrogen) atoms. The van der Waals surface area contributed by atoms with Gasteiger partial charge in [-0.25, -0.2) is 0 Å². The normalized spacial score (nSPS) is 10.7. The minimum atomic E-state index is -0.235. The van der Waals surface area contributed by atoms with Crippen molar-refractivity contribution in [1.29, 1.82) is 0 Å². The van der Waals surface area contributed by atoms with Gasteiger partial charge in [-0.05, 0) is 35.4 Å². The van der Waals surface area contributed by atoms with E-state index in [0.29, 0.717) is 33.7 Å². The fraction of sp³-hybridized carbons (Fsp3) is 0.167. The Bertz CT molecular complexity index is 760. The van der Waals surface area contributed by atoms with Gasteiger partial charge in [-0.1, -0.05) is 41.4 Å². The van der Waals surface area contributed by atoms with E-state index < -0.39 is 0 Å². The van der Waals surface area contributed by atoms with Crippen LogP contribution in [-0.2, 0) is 11.3 Å². The maximum absolute atomic E-state index is 11.9. The van der Waals surface area contributed by atoms with E-state index in [1.165, 1.54) is 6.08 Å². The molecule has 0 saturated carbocycles. The van der Waals surface area contributed by atoms with Crippen molar-refractivity contribution in [3.05, 3.63) is 63.6 Å². The molecule has 4 nitrogen and oxygen atoms in total. The van der Waals surface area contributed by atoms with Gasteiger partial charge in [0.05, 0.1) is 24.3 Å². The van der Waals surface area contributed by atoms with Crippen LogP contribution >= 0.6 is 23.2 Å². The zero-order valence-electron chi connectivity index (χ0n) is 13.3. The van der Waals surface area contributed by atoms with Crippen molar-refractivity contribution in [1.82, 2.24) is 5.32 Å². The van der Waals surface area contributed by atoms with Crippen molar-refractivity contribution in [3.63, 3.8) is 0 Å². The highest BCUT2D eigenvalue weighted by molar-refractivity contribution is 6.42. The Morgan fingerprint density at radius 1 is 1.12 bits per heavy atom. The Kier molecular flexibility index (Phi) is 6.53. The van der Waals surface area contributed by atoms with E-state index in [4.69, 9.17) is 32.7 Å². The molecule has 1 amide bonds. The molecule has 0 aromatic heterocycles. The molecule has 0 aliphatic rings. The van der Waals surface area contributed by atoms with E-state index in [1.54, 1.807) is 44.6 Å². The average Bonchev–Trinajstić information content (AvgIpc) is 2.60. The molecule has 0 aliphatic heterocycles. The first-order chi connectivity index (χ1) is 11.5. The Labute approximate surface area is 151 Å². The summed E-state index contributed by atoms with van der Waals surface area (Å²) >= 11 is 12.0. The molecule has 0 atom stereocenters. The molecule has 0 unspecified atom stereocenters. The smallest absolute Gasteiger partial charge is 0.244 e. The average molecular weight is 366 g/mol. The van der Waals surface area contributed by atoms with Crippen molar-refractivity contribution in [2.24, 2.45) is 0 Å². The van der Waals surface area contributed by atoms with E-state index in [0.717, 1.165) is 5.56 Å². The number of rotatable bonds is 6. The van der Waals surface area contributed by atoms with Crippen LogP contribution in [0.15, 0.2) is 42.5 Å².